The number of thioether (sulfide) groups is 1. The predicted octanol–water partition coefficient (Wildman–Crippen LogP) is 4.76. The Balaban J connectivity index is 1.43. The highest BCUT2D eigenvalue weighted by molar-refractivity contribution is 7.98. The molecule has 2 heterocycles. The minimum absolute atomic E-state index is 0.156. The zero-order chi connectivity index (χ0) is 20.9. The molecule has 2 aromatic carbocycles. The molecule has 0 aliphatic carbocycles. The predicted molar refractivity (Wildman–Crippen MR) is 117 cm³/mol. The van der Waals surface area contributed by atoms with Gasteiger partial charge in [-0.05, 0) is 53.6 Å². The monoisotopic (exact) mass is 419 g/mol. The van der Waals surface area contributed by atoms with E-state index in [1.165, 1.54) is 11.8 Å². The molecule has 0 aliphatic rings. The Labute approximate surface area is 178 Å². The number of rotatable bonds is 7. The first-order valence-corrected chi connectivity index (χ1v) is 10.5. The maximum Gasteiger partial charge on any atom is 0.254 e. The number of benzene rings is 2. The number of nitrogens with zero attached hydrogens (tertiary/aromatic N) is 2. The van der Waals surface area contributed by atoms with E-state index in [0.29, 0.717) is 22.9 Å². The van der Waals surface area contributed by atoms with Crippen LogP contribution in [-0.2, 0) is 12.3 Å². The molecule has 0 atom stereocenters. The summed E-state index contributed by atoms with van der Waals surface area (Å²) in [7, 11) is 1.66. The minimum atomic E-state index is -0.156. The Kier molecular flexibility index (Phi) is 5.99. The van der Waals surface area contributed by atoms with Crippen LogP contribution in [0.5, 0.6) is 5.75 Å². The molecule has 0 aliphatic heterocycles. The van der Waals surface area contributed by atoms with E-state index in [0.717, 1.165) is 33.5 Å². The van der Waals surface area contributed by atoms with Gasteiger partial charge in [-0.15, -0.1) is 0 Å². The van der Waals surface area contributed by atoms with E-state index in [4.69, 9.17) is 9.26 Å². The van der Waals surface area contributed by atoms with E-state index in [1.807, 2.05) is 43.3 Å². The van der Waals surface area contributed by atoms with E-state index in [2.05, 4.69) is 21.5 Å². The van der Waals surface area contributed by atoms with Gasteiger partial charge < -0.3 is 14.6 Å². The van der Waals surface area contributed by atoms with Crippen molar-refractivity contribution in [2.45, 2.75) is 24.2 Å². The summed E-state index contributed by atoms with van der Waals surface area (Å²) in [5.41, 5.74) is 2.40. The summed E-state index contributed by atoms with van der Waals surface area (Å²) < 4.78 is 10.4. The number of amides is 1. The number of methoxy groups -OCH3 is 1. The lowest BCUT2D eigenvalue weighted by atomic mass is 10.1. The molecule has 6 nitrogen and oxygen atoms in total. The van der Waals surface area contributed by atoms with Crippen molar-refractivity contribution >= 4 is 28.4 Å². The van der Waals surface area contributed by atoms with Crippen molar-refractivity contribution in [2.75, 3.05) is 7.11 Å². The molecule has 152 valence electrons. The van der Waals surface area contributed by atoms with Gasteiger partial charge in [0.2, 0.25) is 0 Å². The number of nitrogens with one attached hydrogen (secondary N) is 1. The molecule has 0 bridgehead atoms. The molecule has 0 unspecified atom stereocenters. The highest BCUT2D eigenvalue weighted by atomic mass is 32.2. The molecular formula is C23H21N3O3S. The van der Waals surface area contributed by atoms with Gasteiger partial charge in [-0.25, -0.2) is 4.98 Å². The van der Waals surface area contributed by atoms with Gasteiger partial charge in [0.15, 0.2) is 0 Å². The largest absolute Gasteiger partial charge is 0.497 e. The van der Waals surface area contributed by atoms with Crippen molar-refractivity contribution in [3.05, 3.63) is 83.4 Å². The number of aromatic nitrogens is 2. The fourth-order valence-electron chi connectivity index (χ4n) is 3.09. The molecule has 1 N–H and O–H groups in total. The first-order chi connectivity index (χ1) is 14.6. The molecule has 0 spiro atoms. The van der Waals surface area contributed by atoms with E-state index < -0.39 is 0 Å². The van der Waals surface area contributed by atoms with Crippen molar-refractivity contribution in [3.63, 3.8) is 0 Å². The van der Waals surface area contributed by atoms with Crippen LogP contribution in [0, 0.1) is 6.92 Å². The lowest BCUT2D eigenvalue weighted by molar-refractivity contribution is 0.0947. The lowest BCUT2D eigenvalue weighted by Gasteiger charge is -2.10. The number of carbonyl (C=O) groups excluding carboxylic acids is 1. The molecule has 0 saturated heterocycles. The van der Waals surface area contributed by atoms with Gasteiger partial charge in [-0.2, -0.15) is 0 Å². The van der Waals surface area contributed by atoms with Gasteiger partial charge in [0.05, 0.1) is 18.4 Å². The zero-order valence-corrected chi connectivity index (χ0v) is 17.5. The molecule has 1 amide bonds. The number of hydrogen-bond donors (Lipinski definition) is 1. The summed E-state index contributed by atoms with van der Waals surface area (Å²) in [6.07, 6.45) is 1.69. The van der Waals surface area contributed by atoms with Crippen molar-refractivity contribution < 1.29 is 14.1 Å². The van der Waals surface area contributed by atoms with Gasteiger partial charge in [0, 0.05) is 24.6 Å². The van der Waals surface area contributed by atoms with Crippen molar-refractivity contribution in [2.24, 2.45) is 0 Å². The van der Waals surface area contributed by atoms with Crippen LogP contribution in [0.25, 0.3) is 10.8 Å². The van der Waals surface area contributed by atoms with Crippen molar-refractivity contribution in [1.29, 1.82) is 0 Å². The first-order valence-electron chi connectivity index (χ1n) is 9.47. The van der Waals surface area contributed by atoms with Crippen molar-refractivity contribution in [3.8, 4) is 5.75 Å². The Morgan fingerprint density at radius 2 is 1.97 bits per heavy atom. The molecule has 0 radical (unpaired) electrons. The number of ether oxygens (including phenoxy) is 1. The van der Waals surface area contributed by atoms with Gasteiger partial charge >= 0.3 is 0 Å². The molecule has 4 aromatic rings. The molecule has 2 aromatic heterocycles. The summed E-state index contributed by atoms with van der Waals surface area (Å²) >= 11 is 1.46. The Bertz CT molecular complexity index is 1190. The Morgan fingerprint density at radius 3 is 2.77 bits per heavy atom. The van der Waals surface area contributed by atoms with Crippen LogP contribution in [0.3, 0.4) is 0 Å². The lowest BCUT2D eigenvalue weighted by Crippen LogP contribution is -2.23. The number of carbonyl (C=O) groups is 1. The minimum Gasteiger partial charge on any atom is -0.497 e. The van der Waals surface area contributed by atoms with Gasteiger partial charge in [-0.3, -0.25) is 4.79 Å². The topological polar surface area (TPSA) is 77.2 Å². The average Bonchev–Trinajstić information content (AvgIpc) is 3.20. The molecule has 0 saturated carbocycles. The van der Waals surface area contributed by atoms with Crippen LogP contribution in [0.4, 0.5) is 0 Å². The molecular weight excluding hydrogens is 398 g/mol. The third kappa shape index (κ3) is 4.63. The van der Waals surface area contributed by atoms with Crippen LogP contribution >= 0.6 is 11.8 Å². The van der Waals surface area contributed by atoms with Crippen LogP contribution in [0.15, 0.2) is 70.3 Å². The fourth-order valence-corrected chi connectivity index (χ4v) is 3.97. The van der Waals surface area contributed by atoms with E-state index in [1.54, 1.807) is 25.4 Å². The number of aryl methyl sites for hydroxylation is 1. The standard InChI is InChI=1S/C23H21N3O3S/c1-15-10-19(26-29-15)14-30-23-21(4-3-9-24-23)22(27)25-13-16-5-6-18-12-20(28-2)8-7-17(18)11-16/h3-12H,13-14H2,1-2H3,(H,25,27). The summed E-state index contributed by atoms with van der Waals surface area (Å²) in [6, 6.07) is 17.5. The van der Waals surface area contributed by atoms with Crippen LogP contribution < -0.4 is 10.1 Å². The van der Waals surface area contributed by atoms with Crippen LogP contribution in [0.2, 0.25) is 0 Å². The average molecular weight is 420 g/mol. The summed E-state index contributed by atoms with van der Waals surface area (Å²) in [5.74, 6) is 2.02. The SMILES string of the molecule is COc1ccc2cc(CNC(=O)c3cccnc3SCc3cc(C)on3)ccc2c1. The van der Waals surface area contributed by atoms with Gasteiger partial charge in [-0.1, -0.05) is 35.1 Å². The fraction of sp³-hybridized carbons (Fsp3) is 0.174. The maximum atomic E-state index is 12.8. The number of fused-ring (bicyclic) bond motifs is 1. The van der Waals surface area contributed by atoms with Crippen LogP contribution in [0.1, 0.15) is 27.4 Å². The van der Waals surface area contributed by atoms with Crippen LogP contribution in [-0.4, -0.2) is 23.2 Å². The third-order valence-corrected chi connectivity index (χ3v) is 5.65. The number of hydrogen-bond acceptors (Lipinski definition) is 6. The van der Waals surface area contributed by atoms with Crippen molar-refractivity contribution in [1.82, 2.24) is 15.5 Å². The second-order valence-corrected chi connectivity index (χ2v) is 7.77. The van der Waals surface area contributed by atoms with Gasteiger partial charge in [0.1, 0.15) is 16.5 Å². The zero-order valence-electron chi connectivity index (χ0n) is 16.7. The maximum absolute atomic E-state index is 12.8. The molecule has 4 rings (SSSR count). The van der Waals surface area contributed by atoms with E-state index in [9.17, 15) is 4.79 Å². The second kappa shape index (κ2) is 9.00. The third-order valence-electron chi connectivity index (χ3n) is 4.61. The number of pyridine rings is 1. The Hall–Kier alpha value is -3.32. The summed E-state index contributed by atoms with van der Waals surface area (Å²) in [4.78, 5) is 17.2. The molecule has 0 fully saturated rings. The quantitative estimate of drug-likeness (QED) is 0.435. The molecule has 7 heteroatoms. The summed E-state index contributed by atoms with van der Waals surface area (Å²) in [5, 5.41) is 9.84. The summed E-state index contributed by atoms with van der Waals surface area (Å²) in [6.45, 7) is 2.28. The smallest absolute Gasteiger partial charge is 0.254 e. The van der Waals surface area contributed by atoms with E-state index >= 15 is 0 Å². The second-order valence-electron chi connectivity index (χ2n) is 6.80. The highest BCUT2D eigenvalue weighted by Gasteiger charge is 2.13. The first kappa shape index (κ1) is 20.0. The Morgan fingerprint density at radius 1 is 1.13 bits per heavy atom. The normalized spacial score (nSPS) is 10.9. The highest BCUT2D eigenvalue weighted by Crippen LogP contribution is 2.25. The molecule has 30 heavy (non-hydrogen) atoms. The van der Waals surface area contributed by atoms with E-state index in [-0.39, 0.29) is 5.91 Å². The van der Waals surface area contributed by atoms with Gasteiger partial charge in [0.25, 0.3) is 5.91 Å².